The number of carbonyl (C=O) groups is 2. The Morgan fingerprint density at radius 1 is 1.04 bits per heavy atom. The first-order chi connectivity index (χ1) is 11.5. The van der Waals surface area contributed by atoms with Crippen molar-refractivity contribution >= 4 is 11.8 Å². The van der Waals surface area contributed by atoms with Crippen LogP contribution in [0.5, 0.6) is 0 Å². The lowest BCUT2D eigenvalue weighted by molar-refractivity contribution is 0.0693. The zero-order valence-electron chi connectivity index (χ0n) is 13.4. The molecule has 2 heterocycles. The molecule has 0 saturated carbocycles. The van der Waals surface area contributed by atoms with E-state index < -0.39 is 0 Å². The number of nitrogens with zero attached hydrogens (tertiary/aromatic N) is 3. The summed E-state index contributed by atoms with van der Waals surface area (Å²) in [4.78, 5) is 28.2. The standard InChI is InChI=1S/C17H18FN3O3/c1-12-11-15(24-19-12)17(23)21-8-2-7-20(9-10-21)16(22)13-3-5-14(18)6-4-13/h3-6,11H,2,7-10H2,1H3. The molecule has 0 N–H and O–H groups in total. The molecule has 0 spiro atoms. The van der Waals surface area contributed by atoms with Gasteiger partial charge in [0.15, 0.2) is 0 Å². The molecule has 1 aromatic carbocycles. The van der Waals surface area contributed by atoms with E-state index in [2.05, 4.69) is 5.16 Å². The van der Waals surface area contributed by atoms with Gasteiger partial charge in [-0.3, -0.25) is 9.59 Å². The van der Waals surface area contributed by atoms with Crippen LogP contribution in [0.1, 0.15) is 33.0 Å². The second kappa shape index (κ2) is 6.82. The van der Waals surface area contributed by atoms with Crippen LogP contribution in [0.25, 0.3) is 0 Å². The van der Waals surface area contributed by atoms with Crippen LogP contribution in [0.3, 0.4) is 0 Å². The smallest absolute Gasteiger partial charge is 0.292 e. The average Bonchev–Trinajstić information content (AvgIpc) is 2.87. The summed E-state index contributed by atoms with van der Waals surface area (Å²) in [6, 6.07) is 7.10. The minimum atomic E-state index is -0.374. The van der Waals surface area contributed by atoms with Gasteiger partial charge in [0, 0.05) is 37.8 Å². The van der Waals surface area contributed by atoms with Crippen molar-refractivity contribution in [1.82, 2.24) is 15.0 Å². The summed E-state index contributed by atoms with van der Waals surface area (Å²) in [5, 5.41) is 3.73. The van der Waals surface area contributed by atoms with Gasteiger partial charge in [-0.1, -0.05) is 5.16 Å². The monoisotopic (exact) mass is 331 g/mol. The predicted molar refractivity (Wildman–Crippen MR) is 84.1 cm³/mol. The average molecular weight is 331 g/mol. The van der Waals surface area contributed by atoms with Gasteiger partial charge in [-0.2, -0.15) is 0 Å². The van der Waals surface area contributed by atoms with Gasteiger partial charge in [-0.25, -0.2) is 4.39 Å². The van der Waals surface area contributed by atoms with E-state index in [1.165, 1.54) is 24.3 Å². The van der Waals surface area contributed by atoms with E-state index in [9.17, 15) is 14.0 Å². The topological polar surface area (TPSA) is 66.7 Å². The van der Waals surface area contributed by atoms with E-state index in [4.69, 9.17) is 4.52 Å². The fourth-order valence-electron chi connectivity index (χ4n) is 2.72. The normalized spacial score (nSPS) is 15.2. The summed E-state index contributed by atoms with van der Waals surface area (Å²) in [6.07, 6.45) is 0.672. The SMILES string of the molecule is Cc1cc(C(=O)N2CCCN(C(=O)c3ccc(F)cc3)CC2)on1. The highest BCUT2D eigenvalue weighted by Gasteiger charge is 2.25. The molecule has 2 amide bonds. The zero-order valence-corrected chi connectivity index (χ0v) is 13.4. The molecule has 1 aromatic heterocycles. The minimum Gasteiger partial charge on any atom is -0.351 e. The molecule has 0 bridgehead atoms. The molecule has 126 valence electrons. The number of hydrogen-bond acceptors (Lipinski definition) is 4. The maximum atomic E-state index is 13.0. The van der Waals surface area contributed by atoms with Gasteiger partial charge < -0.3 is 14.3 Å². The van der Waals surface area contributed by atoms with E-state index in [1.807, 2.05) is 0 Å². The maximum Gasteiger partial charge on any atom is 0.292 e. The first kappa shape index (κ1) is 16.2. The summed E-state index contributed by atoms with van der Waals surface area (Å²) in [6.45, 7) is 3.70. The molecule has 3 rings (SSSR count). The Kier molecular flexibility index (Phi) is 4.59. The van der Waals surface area contributed by atoms with Gasteiger partial charge in [-0.15, -0.1) is 0 Å². The van der Waals surface area contributed by atoms with Crippen molar-refractivity contribution in [2.75, 3.05) is 26.2 Å². The molecule has 0 aliphatic carbocycles. The number of benzene rings is 1. The van der Waals surface area contributed by atoms with Crippen LogP contribution in [0.15, 0.2) is 34.9 Å². The van der Waals surface area contributed by atoms with Gasteiger partial charge in [0.2, 0.25) is 5.76 Å². The Labute approximate surface area is 138 Å². The van der Waals surface area contributed by atoms with Crippen LogP contribution in [-0.4, -0.2) is 52.9 Å². The van der Waals surface area contributed by atoms with E-state index in [0.717, 1.165) is 0 Å². The lowest BCUT2D eigenvalue weighted by Gasteiger charge is -2.21. The third kappa shape index (κ3) is 3.45. The third-order valence-electron chi connectivity index (χ3n) is 4.00. The van der Waals surface area contributed by atoms with Crippen molar-refractivity contribution < 1.29 is 18.5 Å². The second-order valence-corrected chi connectivity index (χ2v) is 5.78. The van der Waals surface area contributed by atoms with Crippen molar-refractivity contribution in [1.29, 1.82) is 0 Å². The molecule has 1 aliphatic heterocycles. The first-order valence-corrected chi connectivity index (χ1v) is 7.82. The highest BCUT2D eigenvalue weighted by atomic mass is 19.1. The lowest BCUT2D eigenvalue weighted by atomic mass is 10.2. The molecule has 6 nitrogen and oxygen atoms in total. The highest BCUT2D eigenvalue weighted by molar-refractivity contribution is 5.94. The van der Waals surface area contributed by atoms with Crippen LogP contribution in [-0.2, 0) is 0 Å². The van der Waals surface area contributed by atoms with Gasteiger partial charge >= 0.3 is 0 Å². The van der Waals surface area contributed by atoms with Crippen LogP contribution in [0.2, 0.25) is 0 Å². The van der Waals surface area contributed by atoms with Gasteiger partial charge in [0.1, 0.15) is 5.82 Å². The van der Waals surface area contributed by atoms with E-state index in [-0.39, 0.29) is 23.4 Å². The van der Waals surface area contributed by atoms with E-state index in [1.54, 1.807) is 22.8 Å². The molecule has 7 heteroatoms. The minimum absolute atomic E-state index is 0.153. The Morgan fingerprint density at radius 2 is 1.67 bits per heavy atom. The van der Waals surface area contributed by atoms with Gasteiger partial charge in [0.25, 0.3) is 11.8 Å². The number of rotatable bonds is 2. The van der Waals surface area contributed by atoms with Crippen molar-refractivity contribution in [3.8, 4) is 0 Å². The number of aromatic nitrogens is 1. The lowest BCUT2D eigenvalue weighted by Crippen LogP contribution is -2.37. The summed E-state index contributed by atoms with van der Waals surface area (Å²) in [5.41, 5.74) is 1.10. The quantitative estimate of drug-likeness (QED) is 0.845. The number of amides is 2. The maximum absolute atomic E-state index is 13.0. The van der Waals surface area contributed by atoms with Crippen LogP contribution in [0.4, 0.5) is 4.39 Å². The number of carbonyl (C=O) groups excluding carboxylic acids is 2. The Hall–Kier alpha value is -2.70. The van der Waals surface area contributed by atoms with Crippen LogP contribution >= 0.6 is 0 Å². The fraction of sp³-hybridized carbons (Fsp3) is 0.353. The van der Waals surface area contributed by atoms with Crippen molar-refractivity contribution in [3.63, 3.8) is 0 Å². The molecule has 0 atom stereocenters. The molecule has 1 fully saturated rings. The number of aryl methyl sites for hydroxylation is 1. The summed E-state index contributed by atoms with van der Waals surface area (Å²) in [5.74, 6) is -0.529. The molecule has 0 radical (unpaired) electrons. The third-order valence-corrected chi connectivity index (χ3v) is 4.00. The number of halogens is 1. The van der Waals surface area contributed by atoms with Crippen LogP contribution in [0, 0.1) is 12.7 Å². The molecule has 1 aliphatic rings. The van der Waals surface area contributed by atoms with E-state index in [0.29, 0.717) is 43.9 Å². The molecular formula is C17H18FN3O3. The largest absolute Gasteiger partial charge is 0.351 e. The Balaban J connectivity index is 1.65. The van der Waals surface area contributed by atoms with E-state index >= 15 is 0 Å². The molecular weight excluding hydrogens is 313 g/mol. The summed E-state index contributed by atoms with van der Waals surface area (Å²) >= 11 is 0. The van der Waals surface area contributed by atoms with Crippen molar-refractivity contribution in [2.24, 2.45) is 0 Å². The van der Waals surface area contributed by atoms with Crippen LogP contribution < -0.4 is 0 Å². The molecule has 1 saturated heterocycles. The fourth-order valence-corrected chi connectivity index (χ4v) is 2.72. The van der Waals surface area contributed by atoms with Crippen molar-refractivity contribution in [3.05, 3.63) is 53.2 Å². The first-order valence-electron chi connectivity index (χ1n) is 7.82. The van der Waals surface area contributed by atoms with Gasteiger partial charge in [-0.05, 0) is 37.6 Å². The second-order valence-electron chi connectivity index (χ2n) is 5.78. The number of hydrogen-bond donors (Lipinski definition) is 0. The Morgan fingerprint density at radius 3 is 2.25 bits per heavy atom. The molecule has 24 heavy (non-hydrogen) atoms. The summed E-state index contributed by atoms with van der Waals surface area (Å²) in [7, 11) is 0. The molecule has 2 aromatic rings. The van der Waals surface area contributed by atoms with Gasteiger partial charge in [0.05, 0.1) is 5.69 Å². The van der Waals surface area contributed by atoms with Crippen molar-refractivity contribution in [2.45, 2.75) is 13.3 Å². The Bertz CT molecular complexity index is 742. The highest BCUT2D eigenvalue weighted by Crippen LogP contribution is 2.13. The predicted octanol–water partition coefficient (Wildman–Crippen LogP) is 2.11. The zero-order chi connectivity index (χ0) is 17.1. The molecule has 0 unspecified atom stereocenters. The summed E-state index contributed by atoms with van der Waals surface area (Å²) < 4.78 is 18.0.